The van der Waals surface area contributed by atoms with E-state index in [4.69, 9.17) is 0 Å². The Labute approximate surface area is 151 Å². The highest BCUT2D eigenvalue weighted by Crippen LogP contribution is 2.33. The van der Waals surface area contributed by atoms with Gasteiger partial charge in [0.25, 0.3) is 5.56 Å². The van der Waals surface area contributed by atoms with Crippen LogP contribution in [0.15, 0.2) is 28.2 Å². The van der Waals surface area contributed by atoms with Crippen molar-refractivity contribution >= 4 is 23.4 Å². The standard InChI is InChI=1S/C19H23N3O2S/c1-5-15-13(4)20-19-22(18(15)24)14(10-25-19)9-17(23)21-16-8-11(2)6-7-12(16)3/h6-8,14H,5,9-10H2,1-4H3,(H,21,23). The summed E-state index contributed by atoms with van der Waals surface area (Å²) in [5, 5.41) is 3.71. The van der Waals surface area contributed by atoms with E-state index in [2.05, 4.69) is 10.3 Å². The van der Waals surface area contributed by atoms with E-state index in [1.54, 1.807) is 16.3 Å². The predicted molar refractivity (Wildman–Crippen MR) is 102 cm³/mol. The van der Waals surface area contributed by atoms with Crippen molar-refractivity contribution in [3.8, 4) is 0 Å². The van der Waals surface area contributed by atoms with Crippen molar-refractivity contribution < 1.29 is 4.79 Å². The van der Waals surface area contributed by atoms with E-state index >= 15 is 0 Å². The molecule has 1 amide bonds. The van der Waals surface area contributed by atoms with Crippen LogP contribution in [0.25, 0.3) is 0 Å². The van der Waals surface area contributed by atoms with Crippen LogP contribution in [-0.4, -0.2) is 21.2 Å². The second kappa shape index (κ2) is 7.04. The molecule has 1 N–H and O–H groups in total. The number of hydrogen-bond donors (Lipinski definition) is 1. The largest absolute Gasteiger partial charge is 0.326 e. The Bertz CT molecular complexity index is 889. The third-order valence-corrected chi connectivity index (χ3v) is 5.69. The number of aryl methyl sites for hydroxylation is 3. The Morgan fingerprint density at radius 2 is 2.12 bits per heavy atom. The molecular formula is C19H23N3O2S. The van der Waals surface area contributed by atoms with Crippen LogP contribution in [0, 0.1) is 20.8 Å². The predicted octanol–water partition coefficient (Wildman–Crippen LogP) is 3.41. The summed E-state index contributed by atoms with van der Waals surface area (Å²) in [4.78, 5) is 29.8. The van der Waals surface area contributed by atoms with Gasteiger partial charge in [0.1, 0.15) is 0 Å². The smallest absolute Gasteiger partial charge is 0.257 e. The van der Waals surface area contributed by atoms with Gasteiger partial charge in [0.05, 0.1) is 6.04 Å². The Morgan fingerprint density at radius 3 is 2.84 bits per heavy atom. The zero-order valence-electron chi connectivity index (χ0n) is 15.0. The van der Waals surface area contributed by atoms with Crippen molar-refractivity contribution in [2.24, 2.45) is 0 Å². The first kappa shape index (κ1) is 17.7. The molecule has 0 bridgehead atoms. The zero-order chi connectivity index (χ0) is 18.1. The molecule has 0 fully saturated rings. The third kappa shape index (κ3) is 3.49. The summed E-state index contributed by atoms with van der Waals surface area (Å²) in [6, 6.07) is 5.85. The number of anilines is 1. The number of nitrogens with one attached hydrogen (secondary N) is 1. The Hall–Kier alpha value is -2.08. The molecule has 1 atom stereocenters. The van der Waals surface area contributed by atoms with E-state index in [-0.39, 0.29) is 23.9 Å². The number of nitrogens with zero attached hydrogens (tertiary/aromatic N) is 2. The molecule has 0 saturated carbocycles. The Kier molecular flexibility index (Phi) is 4.99. The van der Waals surface area contributed by atoms with Crippen molar-refractivity contribution in [1.29, 1.82) is 0 Å². The van der Waals surface area contributed by atoms with E-state index in [0.717, 1.165) is 33.2 Å². The van der Waals surface area contributed by atoms with Gasteiger partial charge in [-0.1, -0.05) is 30.8 Å². The minimum Gasteiger partial charge on any atom is -0.326 e. The molecule has 1 aromatic heterocycles. The lowest BCUT2D eigenvalue weighted by Crippen LogP contribution is -2.30. The normalized spacial score (nSPS) is 15.9. The minimum absolute atomic E-state index is 0.000430. The van der Waals surface area contributed by atoms with Crippen molar-refractivity contribution in [2.45, 2.75) is 51.7 Å². The van der Waals surface area contributed by atoms with Gasteiger partial charge < -0.3 is 5.32 Å². The summed E-state index contributed by atoms with van der Waals surface area (Å²) in [6.07, 6.45) is 0.936. The number of amides is 1. The molecule has 25 heavy (non-hydrogen) atoms. The van der Waals surface area contributed by atoms with E-state index in [9.17, 15) is 9.59 Å². The van der Waals surface area contributed by atoms with Crippen LogP contribution in [0.2, 0.25) is 0 Å². The highest BCUT2D eigenvalue weighted by atomic mass is 32.2. The molecule has 2 heterocycles. The molecular weight excluding hydrogens is 334 g/mol. The second-order valence-electron chi connectivity index (χ2n) is 6.52. The van der Waals surface area contributed by atoms with Crippen LogP contribution in [0.3, 0.4) is 0 Å². The van der Waals surface area contributed by atoms with E-state index in [1.165, 1.54) is 0 Å². The van der Waals surface area contributed by atoms with Crippen LogP contribution >= 0.6 is 11.8 Å². The van der Waals surface area contributed by atoms with Gasteiger partial charge in [-0.15, -0.1) is 0 Å². The topological polar surface area (TPSA) is 64.0 Å². The summed E-state index contributed by atoms with van der Waals surface area (Å²) in [5.41, 5.74) is 4.51. The van der Waals surface area contributed by atoms with E-state index in [1.807, 2.05) is 45.9 Å². The Balaban J connectivity index is 1.81. The average molecular weight is 357 g/mol. The van der Waals surface area contributed by atoms with E-state index < -0.39 is 0 Å². The molecule has 5 nitrogen and oxygen atoms in total. The fourth-order valence-corrected chi connectivity index (χ4v) is 4.34. The number of carbonyl (C=O) groups is 1. The molecule has 3 rings (SSSR count). The highest BCUT2D eigenvalue weighted by molar-refractivity contribution is 7.99. The zero-order valence-corrected chi connectivity index (χ0v) is 15.9. The first-order valence-electron chi connectivity index (χ1n) is 8.52. The number of hydrogen-bond acceptors (Lipinski definition) is 4. The molecule has 1 unspecified atom stereocenters. The van der Waals surface area contributed by atoms with Gasteiger partial charge in [0.15, 0.2) is 5.16 Å². The maximum Gasteiger partial charge on any atom is 0.257 e. The van der Waals surface area contributed by atoms with Crippen LogP contribution in [-0.2, 0) is 11.2 Å². The van der Waals surface area contributed by atoms with Crippen molar-refractivity contribution in [3.63, 3.8) is 0 Å². The number of rotatable bonds is 4. The molecule has 1 aliphatic heterocycles. The monoisotopic (exact) mass is 357 g/mol. The maximum atomic E-state index is 12.7. The van der Waals surface area contributed by atoms with Gasteiger partial charge in [-0.05, 0) is 44.4 Å². The lowest BCUT2D eigenvalue weighted by Gasteiger charge is -2.16. The SMILES string of the molecule is CCc1c(C)nc2n(c1=O)C(CC(=O)Nc1cc(C)ccc1C)CS2. The van der Waals surface area contributed by atoms with Crippen LogP contribution in [0.1, 0.15) is 41.8 Å². The van der Waals surface area contributed by atoms with Crippen LogP contribution < -0.4 is 10.9 Å². The molecule has 1 aliphatic rings. The van der Waals surface area contributed by atoms with Gasteiger partial charge >= 0.3 is 0 Å². The number of fused-ring (bicyclic) bond motifs is 1. The molecule has 0 aliphatic carbocycles. The second-order valence-corrected chi connectivity index (χ2v) is 7.51. The van der Waals surface area contributed by atoms with Gasteiger partial charge in [-0.2, -0.15) is 0 Å². The van der Waals surface area contributed by atoms with Crippen LogP contribution in [0.5, 0.6) is 0 Å². The summed E-state index contributed by atoms with van der Waals surface area (Å²) in [6.45, 7) is 7.81. The molecule has 6 heteroatoms. The molecule has 0 saturated heterocycles. The molecule has 132 valence electrons. The number of benzene rings is 1. The van der Waals surface area contributed by atoms with Gasteiger partial charge in [0.2, 0.25) is 5.91 Å². The number of thioether (sulfide) groups is 1. The van der Waals surface area contributed by atoms with E-state index in [0.29, 0.717) is 12.2 Å². The van der Waals surface area contributed by atoms with Gasteiger partial charge in [-0.3, -0.25) is 14.2 Å². The number of aromatic nitrogens is 2. The molecule has 1 aromatic carbocycles. The van der Waals surface area contributed by atoms with Crippen molar-refractivity contribution in [1.82, 2.24) is 9.55 Å². The fourth-order valence-electron chi connectivity index (χ4n) is 3.16. The lowest BCUT2D eigenvalue weighted by atomic mass is 10.1. The van der Waals surface area contributed by atoms with Crippen molar-refractivity contribution in [3.05, 3.63) is 50.9 Å². The summed E-state index contributed by atoms with van der Waals surface area (Å²) >= 11 is 1.55. The third-order valence-electron chi connectivity index (χ3n) is 4.59. The first-order chi connectivity index (χ1) is 11.9. The highest BCUT2D eigenvalue weighted by Gasteiger charge is 2.29. The maximum absolute atomic E-state index is 12.7. The molecule has 0 radical (unpaired) electrons. The summed E-state index contributed by atoms with van der Waals surface area (Å²) in [7, 11) is 0. The van der Waals surface area contributed by atoms with Gasteiger partial charge in [0, 0.05) is 29.1 Å². The van der Waals surface area contributed by atoms with Gasteiger partial charge in [-0.25, -0.2) is 4.98 Å². The minimum atomic E-state index is -0.143. The first-order valence-corrected chi connectivity index (χ1v) is 9.51. The molecule has 0 spiro atoms. The quantitative estimate of drug-likeness (QED) is 0.852. The lowest BCUT2D eigenvalue weighted by molar-refractivity contribution is -0.116. The summed E-state index contributed by atoms with van der Waals surface area (Å²) < 4.78 is 1.71. The summed E-state index contributed by atoms with van der Waals surface area (Å²) in [5.74, 6) is 0.632. The fraction of sp³-hybridized carbons (Fsp3) is 0.421. The number of carbonyl (C=O) groups excluding carboxylic acids is 1. The Morgan fingerprint density at radius 1 is 1.36 bits per heavy atom. The molecule has 2 aromatic rings. The average Bonchev–Trinajstić information content (AvgIpc) is 2.94. The van der Waals surface area contributed by atoms with Crippen LogP contribution in [0.4, 0.5) is 5.69 Å². The van der Waals surface area contributed by atoms with Crippen molar-refractivity contribution in [2.75, 3.05) is 11.1 Å².